The zero-order chi connectivity index (χ0) is 22.0. The van der Waals surface area contributed by atoms with Crippen LogP contribution in [0.4, 0.5) is 0 Å². The smallest absolute Gasteiger partial charge is 0.329 e. The largest absolute Gasteiger partial charge is 0.357 e. The second kappa shape index (κ2) is 8.13. The molecule has 4 rings (SSSR count). The monoisotopic (exact) mass is 440 g/mol. The molecule has 3 aromatic rings. The van der Waals surface area contributed by atoms with Crippen LogP contribution >= 0.6 is 0 Å². The van der Waals surface area contributed by atoms with Crippen LogP contribution in [0.15, 0.2) is 77.6 Å². The number of hydrogen-bond donors (Lipinski definition) is 0. The quantitative estimate of drug-likeness (QED) is 0.581. The Morgan fingerprint density at radius 3 is 2.52 bits per heavy atom. The Morgan fingerprint density at radius 1 is 1.03 bits per heavy atom. The summed E-state index contributed by atoms with van der Waals surface area (Å²) in [6.45, 7) is 0. The summed E-state index contributed by atoms with van der Waals surface area (Å²) in [5.74, 6) is -1.45. The zero-order valence-electron chi connectivity index (χ0n) is 16.2. The van der Waals surface area contributed by atoms with Crippen molar-refractivity contribution in [2.75, 3.05) is 7.05 Å². The maximum atomic E-state index is 13.2. The van der Waals surface area contributed by atoms with E-state index in [0.717, 1.165) is 10.0 Å². The molecule has 31 heavy (non-hydrogen) atoms. The highest BCUT2D eigenvalue weighted by Gasteiger charge is 2.27. The molecule has 2 aromatic heterocycles. The van der Waals surface area contributed by atoms with E-state index >= 15 is 0 Å². The molecule has 0 amide bonds. The van der Waals surface area contributed by atoms with Crippen molar-refractivity contribution in [3.8, 4) is 11.4 Å². The summed E-state index contributed by atoms with van der Waals surface area (Å²) in [6.07, 6.45) is 4.86. The molecule has 1 aromatic carbocycles. The molecule has 0 bridgehead atoms. The number of aromatic nitrogens is 3. The molecule has 158 valence electrons. The average Bonchev–Trinajstić information content (AvgIpc) is 3.14. The summed E-state index contributed by atoms with van der Waals surface area (Å²) in [5.41, 5.74) is 0.766. The van der Waals surface area contributed by atoms with Gasteiger partial charge < -0.3 is 9.68 Å². The van der Waals surface area contributed by atoms with Crippen molar-refractivity contribution >= 4 is 22.0 Å². The number of hydrogen-bond acceptors (Lipinski definition) is 9. The minimum atomic E-state index is -4.02. The standard InChI is InChI=1S/C20H16N4O6S/c1-23-29-18(25)11-15(20(26)30-23)10-16-13-24(19(22-16)14-6-3-2-4-7-14)31(27,28)17-8-5-9-21-12-17/h2-9,11-13H,10H2,1H3. The van der Waals surface area contributed by atoms with Crippen LogP contribution < -0.4 is 0 Å². The van der Waals surface area contributed by atoms with Crippen LogP contribution in [0, 0.1) is 0 Å². The summed E-state index contributed by atoms with van der Waals surface area (Å²) in [6, 6.07) is 11.7. The Kier molecular flexibility index (Phi) is 5.36. The molecule has 11 heteroatoms. The van der Waals surface area contributed by atoms with Gasteiger partial charge in [0.25, 0.3) is 10.0 Å². The number of benzene rings is 1. The summed E-state index contributed by atoms with van der Waals surface area (Å²) < 4.78 is 27.5. The highest BCUT2D eigenvalue weighted by atomic mass is 32.2. The highest BCUT2D eigenvalue weighted by Crippen LogP contribution is 2.25. The van der Waals surface area contributed by atoms with E-state index in [9.17, 15) is 18.0 Å². The maximum Gasteiger partial charge on any atom is 0.357 e. The summed E-state index contributed by atoms with van der Waals surface area (Å²) >= 11 is 0. The SMILES string of the molecule is CN1OC(=O)C=C(Cc2cn(S(=O)(=O)c3cccnc3)c(-c3ccccc3)n2)C(=O)O1. The third-order valence-electron chi connectivity index (χ3n) is 4.30. The second-order valence-corrected chi connectivity index (χ2v) is 8.30. The lowest BCUT2D eigenvalue weighted by Crippen LogP contribution is -2.23. The Labute approximate surface area is 177 Å². The van der Waals surface area contributed by atoms with Gasteiger partial charge in [0, 0.05) is 41.9 Å². The second-order valence-electron chi connectivity index (χ2n) is 6.49. The van der Waals surface area contributed by atoms with Gasteiger partial charge in [0.2, 0.25) is 0 Å². The molecule has 10 nitrogen and oxygen atoms in total. The van der Waals surface area contributed by atoms with E-state index in [4.69, 9.17) is 9.68 Å². The van der Waals surface area contributed by atoms with Crippen LogP contribution in [0.5, 0.6) is 0 Å². The Balaban J connectivity index is 1.80. The lowest BCUT2D eigenvalue weighted by Gasteiger charge is -2.10. The van der Waals surface area contributed by atoms with E-state index in [-0.39, 0.29) is 28.4 Å². The van der Waals surface area contributed by atoms with Gasteiger partial charge in [-0.1, -0.05) is 30.3 Å². The first kappa shape index (κ1) is 20.4. The summed E-state index contributed by atoms with van der Waals surface area (Å²) in [7, 11) is -2.76. The van der Waals surface area contributed by atoms with E-state index < -0.39 is 22.0 Å². The van der Waals surface area contributed by atoms with Crippen LogP contribution in [-0.2, 0) is 35.7 Å². The van der Waals surface area contributed by atoms with Crippen LogP contribution in [0.2, 0.25) is 0 Å². The van der Waals surface area contributed by atoms with Gasteiger partial charge in [-0.25, -0.2) is 27.0 Å². The average molecular weight is 440 g/mol. The normalized spacial score (nSPS) is 15.1. The van der Waals surface area contributed by atoms with Crippen molar-refractivity contribution in [1.82, 2.24) is 19.2 Å². The minimum Gasteiger partial charge on any atom is -0.329 e. The number of hydroxylamine groups is 2. The lowest BCUT2D eigenvalue weighted by atomic mass is 10.1. The van der Waals surface area contributed by atoms with Gasteiger partial charge in [0.1, 0.15) is 4.90 Å². The van der Waals surface area contributed by atoms with Crippen molar-refractivity contribution in [2.24, 2.45) is 0 Å². The molecule has 0 N–H and O–H groups in total. The first-order valence-corrected chi connectivity index (χ1v) is 10.5. The molecule has 0 saturated heterocycles. The highest BCUT2D eigenvalue weighted by molar-refractivity contribution is 7.90. The van der Waals surface area contributed by atoms with Crippen LogP contribution in [0.3, 0.4) is 0 Å². The van der Waals surface area contributed by atoms with Crippen LogP contribution in [0.1, 0.15) is 5.69 Å². The number of carbonyl (C=O) groups excluding carboxylic acids is 2. The number of imidazole rings is 1. The molecule has 0 fully saturated rings. The summed E-state index contributed by atoms with van der Waals surface area (Å²) in [5, 5.41) is 0.648. The van der Waals surface area contributed by atoms with Gasteiger partial charge in [0.05, 0.1) is 18.3 Å². The Bertz CT molecular complexity index is 1270. The summed E-state index contributed by atoms with van der Waals surface area (Å²) in [4.78, 5) is 41.8. The van der Waals surface area contributed by atoms with E-state index in [0.29, 0.717) is 10.8 Å². The molecule has 0 saturated carbocycles. The van der Waals surface area contributed by atoms with E-state index in [1.807, 2.05) is 0 Å². The topological polar surface area (TPSA) is 121 Å². The fourth-order valence-electron chi connectivity index (χ4n) is 2.94. The maximum absolute atomic E-state index is 13.2. The van der Waals surface area contributed by atoms with Crippen molar-refractivity contribution in [2.45, 2.75) is 11.3 Å². The van der Waals surface area contributed by atoms with Gasteiger partial charge in [-0.05, 0) is 12.1 Å². The molecule has 0 aliphatic carbocycles. The molecule has 0 spiro atoms. The number of nitrogens with zero attached hydrogens (tertiary/aromatic N) is 4. The first-order valence-electron chi connectivity index (χ1n) is 9.02. The first-order chi connectivity index (χ1) is 14.8. The van der Waals surface area contributed by atoms with Gasteiger partial charge in [-0.15, -0.1) is 0 Å². The fourth-order valence-corrected chi connectivity index (χ4v) is 4.24. The van der Waals surface area contributed by atoms with Gasteiger partial charge >= 0.3 is 11.9 Å². The molecule has 1 aliphatic heterocycles. The van der Waals surface area contributed by atoms with Crippen LogP contribution in [-0.4, -0.2) is 46.6 Å². The van der Waals surface area contributed by atoms with Gasteiger partial charge in [-0.2, -0.15) is 0 Å². The lowest BCUT2D eigenvalue weighted by molar-refractivity contribution is -0.304. The molecule has 0 unspecified atom stereocenters. The van der Waals surface area contributed by atoms with Gasteiger partial charge in [-0.3, -0.25) is 4.98 Å². The number of carbonyl (C=O) groups is 2. The molecule has 0 atom stereocenters. The van der Waals surface area contributed by atoms with Crippen molar-refractivity contribution in [1.29, 1.82) is 0 Å². The van der Waals surface area contributed by atoms with E-state index in [1.54, 1.807) is 30.3 Å². The fraction of sp³-hybridized carbons (Fsp3) is 0.100. The third kappa shape index (κ3) is 4.22. The molecule has 1 aliphatic rings. The minimum absolute atomic E-state index is 0.0191. The molecule has 0 radical (unpaired) electrons. The van der Waals surface area contributed by atoms with Crippen LogP contribution in [0.25, 0.3) is 11.4 Å². The molecule has 3 heterocycles. The Hall–Kier alpha value is -3.83. The van der Waals surface area contributed by atoms with Gasteiger partial charge in [0.15, 0.2) is 5.82 Å². The third-order valence-corrected chi connectivity index (χ3v) is 5.94. The number of rotatable bonds is 5. The molecular weight excluding hydrogens is 424 g/mol. The van der Waals surface area contributed by atoms with E-state index in [1.165, 1.54) is 37.8 Å². The van der Waals surface area contributed by atoms with Crippen molar-refractivity contribution in [3.05, 3.63) is 78.4 Å². The zero-order valence-corrected chi connectivity index (χ0v) is 17.0. The molecular formula is C20H16N4O6S. The predicted molar refractivity (Wildman–Crippen MR) is 106 cm³/mol. The van der Waals surface area contributed by atoms with E-state index in [2.05, 4.69) is 9.97 Å². The number of pyridine rings is 1. The predicted octanol–water partition coefficient (Wildman–Crippen LogP) is 1.51. The van der Waals surface area contributed by atoms with Crippen molar-refractivity contribution < 1.29 is 27.7 Å². The van der Waals surface area contributed by atoms with Crippen molar-refractivity contribution in [3.63, 3.8) is 0 Å². The Morgan fingerprint density at radius 2 is 1.81 bits per heavy atom.